The normalized spacial score (nSPS) is 10.8. The Morgan fingerprint density at radius 2 is 0.838 bits per heavy atom. The van der Waals surface area contributed by atoms with Crippen molar-refractivity contribution < 1.29 is 0 Å². The third-order valence-corrected chi connectivity index (χ3v) is 6.50. The topological polar surface area (TPSA) is 25.8 Å². The van der Waals surface area contributed by atoms with Gasteiger partial charge in [-0.05, 0) is 28.3 Å². The molecule has 0 spiro atoms. The molecule has 0 saturated heterocycles. The van der Waals surface area contributed by atoms with Crippen molar-refractivity contribution in [1.29, 1.82) is 0 Å². The number of aromatic nitrogens is 2. The van der Waals surface area contributed by atoms with Gasteiger partial charge in [0.2, 0.25) is 0 Å². The van der Waals surface area contributed by atoms with Crippen LogP contribution in [0.4, 0.5) is 0 Å². The van der Waals surface area contributed by atoms with Gasteiger partial charge in [0.25, 0.3) is 0 Å². The van der Waals surface area contributed by atoms with Gasteiger partial charge in [-0.25, -0.2) is 9.97 Å². The van der Waals surface area contributed by atoms with Crippen LogP contribution in [-0.4, -0.2) is 17.8 Å². The molecule has 0 saturated carbocycles. The van der Waals surface area contributed by atoms with Gasteiger partial charge in [-0.3, -0.25) is 0 Å². The largest absolute Gasteiger partial charge is 0.228 e. The van der Waals surface area contributed by atoms with E-state index in [-0.39, 0.29) is 0 Å². The van der Waals surface area contributed by atoms with E-state index in [1.54, 1.807) is 0 Å². The molecule has 2 nitrogen and oxygen atoms in total. The smallest absolute Gasteiger partial charge is 0.160 e. The first-order valence-electron chi connectivity index (χ1n) is 12.3. The predicted octanol–water partition coefficient (Wildman–Crippen LogP) is 7.61. The maximum absolute atomic E-state index is 6.31. The molecule has 172 valence electrons. The van der Waals surface area contributed by atoms with Crippen molar-refractivity contribution in [1.82, 2.24) is 9.97 Å². The van der Waals surface area contributed by atoms with Crippen molar-refractivity contribution in [3.63, 3.8) is 0 Å². The lowest BCUT2D eigenvalue weighted by Crippen LogP contribution is -2.06. The summed E-state index contributed by atoms with van der Waals surface area (Å²) in [4.78, 5) is 9.85. The van der Waals surface area contributed by atoms with Crippen molar-refractivity contribution >= 4 is 13.3 Å². The van der Waals surface area contributed by atoms with E-state index < -0.39 is 0 Å². The highest BCUT2D eigenvalue weighted by Crippen LogP contribution is 2.33. The molecule has 0 amide bonds. The van der Waals surface area contributed by atoms with Gasteiger partial charge in [0.1, 0.15) is 7.85 Å². The summed E-state index contributed by atoms with van der Waals surface area (Å²) in [5.74, 6) is 0.714. The van der Waals surface area contributed by atoms with E-state index in [0.717, 1.165) is 55.8 Å². The van der Waals surface area contributed by atoms with Crippen molar-refractivity contribution in [2.45, 2.75) is 0 Å². The molecule has 6 aromatic rings. The second-order valence-electron chi connectivity index (χ2n) is 8.90. The fourth-order valence-electron chi connectivity index (χ4n) is 4.60. The Hall–Kier alpha value is -4.76. The van der Waals surface area contributed by atoms with Crippen LogP contribution in [0.1, 0.15) is 0 Å². The zero-order chi connectivity index (χ0) is 25.0. The molecule has 0 aliphatic carbocycles. The average molecular weight is 470 g/mol. The van der Waals surface area contributed by atoms with Crippen molar-refractivity contribution in [2.24, 2.45) is 0 Å². The molecule has 37 heavy (non-hydrogen) atoms. The van der Waals surface area contributed by atoms with Gasteiger partial charge in [0.05, 0.1) is 11.4 Å². The zero-order valence-corrected chi connectivity index (χ0v) is 20.3. The number of nitrogens with zero attached hydrogens (tertiary/aromatic N) is 2. The summed E-state index contributed by atoms with van der Waals surface area (Å²) in [7, 11) is 6.31. The Morgan fingerprint density at radius 3 is 1.46 bits per heavy atom. The molecular formula is C34H23BN2. The molecule has 1 aromatic heterocycles. The van der Waals surface area contributed by atoms with Crippen LogP contribution >= 0.6 is 0 Å². The molecule has 0 N–H and O–H groups in total. The average Bonchev–Trinajstić information content (AvgIpc) is 2.98. The molecule has 5 aromatic carbocycles. The third kappa shape index (κ3) is 4.72. The molecule has 0 unspecified atom stereocenters. The lowest BCUT2D eigenvalue weighted by molar-refractivity contribution is 1.18. The molecule has 0 aliphatic heterocycles. The van der Waals surface area contributed by atoms with E-state index in [1.165, 1.54) is 0 Å². The second kappa shape index (κ2) is 10.1. The van der Waals surface area contributed by atoms with Crippen LogP contribution in [0.25, 0.3) is 56.2 Å². The first-order chi connectivity index (χ1) is 18.3. The molecule has 0 bridgehead atoms. The summed E-state index contributed by atoms with van der Waals surface area (Å²) in [5.41, 5.74) is 10.1. The van der Waals surface area contributed by atoms with Crippen molar-refractivity contribution in [3.05, 3.63) is 140 Å². The van der Waals surface area contributed by atoms with E-state index in [4.69, 9.17) is 17.8 Å². The van der Waals surface area contributed by atoms with Crippen LogP contribution in [0.15, 0.2) is 140 Å². The van der Waals surface area contributed by atoms with Crippen LogP contribution < -0.4 is 5.46 Å². The van der Waals surface area contributed by atoms with Gasteiger partial charge in [0.15, 0.2) is 5.82 Å². The van der Waals surface area contributed by atoms with Gasteiger partial charge < -0.3 is 0 Å². The molecular weight excluding hydrogens is 447 g/mol. The van der Waals surface area contributed by atoms with Crippen LogP contribution in [0, 0.1) is 0 Å². The van der Waals surface area contributed by atoms with Crippen molar-refractivity contribution in [3.8, 4) is 56.2 Å². The van der Waals surface area contributed by atoms with E-state index in [9.17, 15) is 0 Å². The first kappa shape index (κ1) is 22.7. The highest BCUT2D eigenvalue weighted by molar-refractivity contribution is 6.36. The summed E-state index contributed by atoms with van der Waals surface area (Å²) in [5, 5.41) is 0. The zero-order valence-electron chi connectivity index (χ0n) is 20.3. The van der Waals surface area contributed by atoms with Crippen LogP contribution in [0.3, 0.4) is 0 Å². The van der Waals surface area contributed by atoms with Gasteiger partial charge >= 0.3 is 0 Å². The molecule has 1 heterocycles. The third-order valence-electron chi connectivity index (χ3n) is 6.50. The highest BCUT2D eigenvalue weighted by atomic mass is 14.9. The predicted molar refractivity (Wildman–Crippen MR) is 155 cm³/mol. The summed E-state index contributed by atoms with van der Waals surface area (Å²) >= 11 is 0. The minimum absolute atomic E-state index is 0.714. The molecule has 6 rings (SSSR count). The van der Waals surface area contributed by atoms with Gasteiger partial charge in [-0.2, -0.15) is 0 Å². The van der Waals surface area contributed by atoms with Crippen LogP contribution in [0.2, 0.25) is 0 Å². The quantitative estimate of drug-likeness (QED) is 0.243. The molecule has 0 fully saturated rings. The summed E-state index contributed by atoms with van der Waals surface area (Å²) in [6, 6.07) is 47.4. The molecule has 0 aliphatic rings. The molecule has 2 radical (unpaired) electrons. The SMILES string of the molecule is [B]c1ccccc1-c1ccccc1-c1ccc(-c2cc(-c3ccccc3)nc(-c3ccccc3)n2)cc1. The second-order valence-corrected chi connectivity index (χ2v) is 8.90. The number of rotatable bonds is 5. The van der Waals surface area contributed by atoms with Crippen LogP contribution in [-0.2, 0) is 0 Å². The maximum atomic E-state index is 6.31. The monoisotopic (exact) mass is 470 g/mol. The van der Waals surface area contributed by atoms with Gasteiger partial charge in [-0.1, -0.05) is 139 Å². The summed E-state index contributed by atoms with van der Waals surface area (Å²) < 4.78 is 0. The van der Waals surface area contributed by atoms with E-state index in [0.29, 0.717) is 5.82 Å². The fourth-order valence-corrected chi connectivity index (χ4v) is 4.60. The first-order valence-corrected chi connectivity index (χ1v) is 12.3. The fraction of sp³-hybridized carbons (Fsp3) is 0. The Morgan fingerprint density at radius 1 is 0.378 bits per heavy atom. The lowest BCUT2D eigenvalue weighted by Gasteiger charge is -2.13. The molecule has 0 atom stereocenters. The van der Waals surface area contributed by atoms with Crippen molar-refractivity contribution in [2.75, 3.05) is 0 Å². The van der Waals surface area contributed by atoms with Gasteiger partial charge in [0, 0.05) is 16.7 Å². The van der Waals surface area contributed by atoms with E-state index >= 15 is 0 Å². The number of hydrogen-bond acceptors (Lipinski definition) is 2. The Bertz CT molecular complexity index is 1600. The number of hydrogen-bond donors (Lipinski definition) is 0. The maximum Gasteiger partial charge on any atom is 0.160 e. The Kier molecular flexibility index (Phi) is 6.18. The number of benzene rings is 5. The van der Waals surface area contributed by atoms with E-state index in [2.05, 4.69) is 72.8 Å². The van der Waals surface area contributed by atoms with E-state index in [1.807, 2.05) is 66.7 Å². The summed E-state index contributed by atoms with van der Waals surface area (Å²) in [6.45, 7) is 0. The molecule has 3 heteroatoms. The standard InChI is InChI=1S/C34H23BN2/c35-31-18-10-9-17-30(31)29-16-8-7-15-28(29)24-19-21-26(22-20-24)33-23-32(25-11-3-1-4-12-25)36-34(37-33)27-13-5-2-6-14-27/h1-23H. The lowest BCUT2D eigenvalue weighted by atomic mass is 9.84. The van der Waals surface area contributed by atoms with Crippen LogP contribution in [0.5, 0.6) is 0 Å². The summed E-state index contributed by atoms with van der Waals surface area (Å²) in [6.07, 6.45) is 0. The highest BCUT2D eigenvalue weighted by Gasteiger charge is 2.12. The Balaban J connectivity index is 1.43. The van der Waals surface area contributed by atoms with Gasteiger partial charge in [-0.15, -0.1) is 0 Å². The minimum atomic E-state index is 0.714. The minimum Gasteiger partial charge on any atom is -0.228 e. The Labute approximate surface area is 218 Å².